The van der Waals surface area contributed by atoms with Gasteiger partial charge in [0.1, 0.15) is 0 Å². The van der Waals surface area contributed by atoms with Gasteiger partial charge in [-0.25, -0.2) is 5.43 Å². The van der Waals surface area contributed by atoms with Gasteiger partial charge in [0.05, 0.1) is 6.04 Å². The SMILES string of the molecule is NC1CCC2C(C1)NNC2c1c(Cl)cccc1Cl. The van der Waals surface area contributed by atoms with E-state index in [0.717, 1.165) is 34.9 Å². The number of hydrogen-bond donors (Lipinski definition) is 3. The summed E-state index contributed by atoms with van der Waals surface area (Å²) in [5.41, 5.74) is 13.7. The first-order valence-corrected chi connectivity index (χ1v) is 7.13. The van der Waals surface area contributed by atoms with Crippen LogP contribution in [-0.2, 0) is 0 Å². The van der Waals surface area contributed by atoms with Crippen LogP contribution in [0.1, 0.15) is 30.9 Å². The second kappa shape index (κ2) is 4.99. The van der Waals surface area contributed by atoms with Gasteiger partial charge in [0.15, 0.2) is 0 Å². The van der Waals surface area contributed by atoms with E-state index in [0.29, 0.717) is 18.0 Å². The normalized spacial score (nSPS) is 35.5. The average molecular weight is 286 g/mol. The minimum atomic E-state index is 0.184. The van der Waals surface area contributed by atoms with Crippen molar-refractivity contribution in [2.45, 2.75) is 37.4 Å². The fourth-order valence-corrected chi connectivity index (χ4v) is 3.82. The molecule has 1 aliphatic heterocycles. The zero-order valence-corrected chi connectivity index (χ0v) is 11.5. The fourth-order valence-electron chi connectivity index (χ4n) is 3.19. The molecule has 0 aromatic heterocycles. The zero-order valence-electron chi connectivity index (χ0n) is 10.00. The molecule has 1 aliphatic carbocycles. The van der Waals surface area contributed by atoms with E-state index in [-0.39, 0.29) is 6.04 Å². The summed E-state index contributed by atoms with van der Waals surface area (Å²) in [6.07, 6.45) is 3.19. The molecule has 0 spiro atoms. The molecule has 1 saturated heterocycles. The van der Waals surface area contributed by atoms with Crippen LogP contribution in [0.4, 0.5) is 0 Å². The van der Waals surface area contributed by atoms with E-state index in [1.54, 1.807) is 0 Å². The standard InChI is InChI=1S/C13H17Cl2N3/c14-9-2-1-3-10(15)12(9)13-8-5-4-7(16)6-11(8)17-18-13/h1-3,7-8,11,13,17-18H,4-6,16H2. The first-order valence-electron chi connectivity index (χ1n) is 6.37. The van der Waals surface area contributed by atoms with E-state index < -0.39 is 0 Å². The number of nitrogens with two attached hydrogens (primary N) is 1. The van der Waals surface area contributed by atoms with Crippen molar-refractivity contribution in [3.63, 3.8) is 0 Å². The van der Waals surface area contributed by atoms with Crippen molar-refractivity contribution in [1.82, 2.24) is 10.9 Å². The van der Waals surface area contributed by atoms with Gasteiger partial charge in [0.25, 0.3) is 0 Å². The maximum Gasteiger partial charge on any atom is 0.0535 e. The Bertz CT molecular complexity index is 432. The Balaban J connectivity index is 1.90. The van der Waals surface area contributed by atoms with Crippen LogP contribution in [-0.4, -0.2) is 12.1 Å². The van der Waals surface area contributed by atoms with Crippen LogP contribution in [0, 0.1) is 5.92 Å². The lowest BCUT2D eigenvalue weighted by atomic mass is 9.78. The molecule has 98 valence electrons. The Hall–Kier alpha value is -0.320. The lowest BCUT2D eigenvalue weighted by molar-refractivity contribution is 0.281. The van der Waals surface area contributed by atoms with E-state index in [4.69, 9.17) is 28.9 Å². The van der Waals surface area contributed by atoms with Gasteiger partial charge in [-0.1, -0.05) is 29.3 Å². The van der Waals surface area contributed by atoms with Crippen molar-refractivity contribution in [3.05, 3.63) is 33.8 Å². The van der Waals surface area contributed by atoms with E-state index in [1.807, 2.05) is 18.2 Å². The minimum absolute atomic E-state index is 0.184. The first-order chi connectivity index (χ1) is 8.66. The van der Waals surface area contributed by atoms with Gasteiger partial charge in [0, 0.05) is 27.7 Å². The van der Waals surface area contributed by atoms with Crippen molar-refractivity contribution in [2.24, 2.45) is 11.7 Å². The van der Waals surface area contributed by atoms with Crippen molar-refractivity contribution >= 4 is 23.2 Å². The van der Waals surface area contributed by atoms with E-state index >= 15 is 0 Å². The smallest absolute Gasteiger partial charge is 0.0535 e. The molecular formula is C13H17Cl2N3. The van der Waals surface area contributed by atoms with Crippen LogP contribution in [0.5, 0.6) is 0 Å². The Kier molecular flexibility index (Phi) is 3.52. The molecule has 18 heavy (non-hydrogen) atoms. The maximum atomic E-state index is 6.29. The highest BCUT2D eigenvalue weighted by Crippen LogP contribution is 2.42. The third-order valence-corrected chi connectivity index (χ3v) is 4.77. The molecule has 0 radical (unpaired) electrons. The van der Waals surface area contributed by atoms with Gasteiger partial charge in [-0.3, -0.25) is 5.43 Å². The number of nitrogens with one attached hydrogen (secondary N) is 2. The molecular weight excluding hydrogens is 269 g/mol. The minimum Gasteiger partial charge on any atom is -0.328 e. The highest BCUT2D eigenvalue weighted by atomic mass is 35.5. The second-order valence-corrected chi connectivity index (χ2v) is 6.06. The molecule has 5 heteroatoms. The van der Waals surface area contributed by atoms with Crippen LogP contribution in [0.2, 0.25) is 10.0 Å². The summed E-state index contributed by atoms with van der Waals surface area (Å²) in [4.78, 5) is 0. The molecule has 3 nitrogen and oxygen atoms in total. The molecule has 0 amide bonds. The van der Waals surface area contributed by atoms with Crippen molar-refractivity contribution in [1.29, 1.82) is 0 Å². The molecule has 1 heterocycles. The van der Waals surface area contributed by atoms with Crippen LogP contribution < -0.4 is 16.6 Å². The predicted molar refractivity (Wildman–Crippen MR) is 74.6 cm³/mol. The lowest BCUT2D eigenvalue weighted by Crippen LogP contribution is -2.41. The molecule has 4 atom stereocenters. The summed E-state index contributed by atoms with van der Waals surface area (Å²) in [6, 6.07) is 6.58. The molecule has 1 aromatic rings. The summed E-state index contributed by atoms with van der Waals surface area (Å²) >= 11 is 12.6. The van der Waals surface area contributed by atoms with Crippen LogP contribution >= 0.6 is 23.2 Å². The average Bonchev–Trinajstić information content (AvgIpc) is 2.72. The molecule has 3 rings (SSSR count). The third kappa shape index (κ3) is 2.15. The zero-order chi connectivity index (χ0) is 12.7. The highest BCUT2D eigenvalue weighted by Gasteiger charge is 2.41. The van der Waals surface area contributed by atoms with Crippen molar-refractivity contribution in [3.8, 4) is 0 Å². The van der Waals surface area contributed by atoms with Gasteiger partial charge in [0.2, 0.25) is 0 Å². The first kappa shape index (κ1) is 12.7. The molecule has 0 bridgehead atoms. The quantitative estimate of drug-likeness (QED) is 0.744. The largest absolute Gasteiger partial charge is 0.328 e. The van der Waals surface area contributed by atoms with Gasteiger partial charge in [-0.2, -0.15) is 0 Å². The summed E-state index contributed by atoms with van der Waals surface area (Å²) < 4.78 is 0. The number of benzene rings is 1. The molecule has 1 aromatic carbocycles. The Labute approximate surface area is 117 Å². The Morgan fingerprint density at radius 1 is 1.11 bits per heavy atom. The van der Waals surface area contributed by atoms with Crippen LogP contribution in [0.15, 0.2) is 18.2 Å². The Morgan fingerprint density at radius 2 is 1.83 bits per heavy atom. The Morgan fingerprint density at radius 3 is 2.56 bits per heavy atom. The van der Waals surface area contributed by atoms with Gasteiger partial charge < -0.3 is 5.73 Å². The molecule has 2 aliphatic rings. The highest BCUT2D eigenvalue weighted by molar-refractivity contribution is 6.36. The molecule has 4 N–H and O–H groups in total. The summed E-state index contributed by atoms with van der Waals surface area (Å²) in [7, 11) is 0. The molecule has 4 unspecified atom stereocenters. The molecule has 1 saturated carbocycles. The maximum absolute atomic E-state index is 6.29. The van der Waals surface area contributed by atoms with E-state index in [1.165, 1.54) is 0 Å². The van der Waals surface area contributed by atoms with Crippen LogP contribution in [0.3, 0.4) is 0 Å². The van der Waals surface area contributed by atoms with Crippen LogP contribution in [0.25, 0.3) is 0 Å². The number of rotatable bonds is 1. The van der Waals surface area contributed by atoms with E-state index in [9.17, 15) is 0 Å². The third-order valence-electron chi connectivity index (χ3n) is 4.11. The predicted octanol–water partition coefficient (Wildman–Crippen LogP) is 2.64. The van der Waals surface area contributed by atoms with Crippen molar-refractivity contribution < 1.29 is 0 Å². The number of halogens is 2. The van der Waals surface area contributed by atoms with Gasteiger partial charge in [-0.15, -0.1) is 0 Å². The monoisotopic (exact) mass is 285 g/mol. The van der Waals surface area contributed by atoms with Gasteiger partial charge in [-0.05, 0) is 37.3 Å². The summed E-state index contributed by atoms with van der Waals surface area (Å²) in [5, 5.41) is 1.47. The van der Waals surface area contributed by atoms with Crippen molar-refractivity contribution in [2.75, 3.05) is 0 Å². The van der Waals surface area contributed by atoms with Gasteiger partial charge >= 0.3 is 0 Å². The number of fused-ring (bicyclic) bond motifs is 1. The second-order valence-electron chi connectivity index (χ2n) is 5.25. The number of hydrazine groups is 1. The summed E-state index contributed by atoms with van der Waals surface area (Å²) in [6.45, 7) is 0. The molecule has 2 fully saturated rings. The lowest BCUT2D eigenvalue weighted by Gasteiger charge is -2.31. The number of hydrogen-bond acceptors (Lipinski definition) is 3. The summed E-state index contributed by atoms with van der Waals surface area (Å²) in [5.74, 6) is 0.516. The van der Waals surface area contributed by atoms with E-state index in [2.05, 4.69) is 10.9 Å². The topological polar surface area (TPSA) is 50.1 Å². The fraction of sp³-hybridized carbons (Fsp3) is 0.538.